The Hall–Kier alpha value is -1.39. The molecule has 0 aliphatic heterocycles. The Bertz CT molecular complexity index is 439. The van der Waals surface area contributed by atoms with Gasteiger partial charge in [-0.25, -0.2) is 0 Å². The summed E-state index contributed by atoms with van der Waals surface area (Å²) in [5, 5.41) is 7.47. The van der Waals surface area contributed by atoms with Crippen LogP contribution < -0.4 is 10.1 Å². The van der Waals surface area contributed by atoms with Crippen molar-refractivity contribution in [3.63, 3.8) is 0 Å². The fourth-order valence-corrected chi connectivity index (χ4v) is 2.19. The third-order valence-electron chi connectivity index (χ3n) is 2.52. The molecule has 0 atom stereocenters. The lowest BCUT2D eigenvalue weighted by Gasteiger charge is -2.06. The van der Waals surface area contributed by atoms with E-state index in [1.165, 1.54) is 5.56 Å². The Morgan fingerprint density at radius 1 is 1.33 bits per heavy atom. The summed E-state index contributed by atoms with van der Waals surface area (Å²) in [6, 6.07) is 6.05. The van der Waals surface area contributed by atoms with Crippen LogP contribution in [-0.2, 0) is 13.2 Å². The molecule has 0 saturated heterocycles. The molecular formula is C14H18N2OS. The SMILES string of the molecule is CCCNCc1ccc(OCc2ccsc2)cn1. The van der Waals surface area contributed by atoms with Crippen LogP contribution in [0.1, 0.15) is 24.6 Å². The molecule has 0 amide bonds. The van der Waals surface area contributed by atoms with Gasteiger partial charge in [-0.2, -0.15) is 11.3 Å². The molecule has 0 spiro atoms. The van der Waals surface area contributed by atoms with Crippen LogP contribution in [0.5, 0.6) is 5.75 Å². The van der Waals surface area contributed by atoms with Gasteiger partial charge in [-0.15, -0.1) is 0 Å². The summed E-state index contributed by atoms with van der Waals surface area (Å²) in [6.45, 7) is 4.61. The lowest BCUT2D eigenvalue weighted by Crippen LogP contribution is -2.14. The maximum Gasteiger partial charge on any atom is 0.138 e. The van der Waals surface area contributed by atoms with Gasteiger partial charge in [0.25, 0.3) is 0 Å². The number of hydrogen-bond donors (Lipinski definition) is 1. The van der Waals surface area contributed by atoms with E-state index in [4.69, 9.17) is 4.74 Å². The summed E-state index contributed by atoms with van der Waals surface area (Å²) in [7, 11) is 0. The molecule has 0 aromatic carbocycles. The summed E-state index contributed by atoms with van der Waals surface area (Å²) in [5.41, 5.74) is 2.25. The standard InChI is InChI=1S/C14H18N2OS/c1-2-6-15-8-13-3-4-14(9-16-13)17-10-12-5-7-18-11-12/h3-5,7,9,11,15H,2,6,8,10H2,1H3. The number of hydrogen-bond acceptors (Lipinski definition) is 4. The van der Waals surface area contributed by atoms with Crippen LogP contribution in [-0.4, -0.2) is 11.5 Å². The molecule has 2 rings (SSSR count). The van der Waals surface area contributed by atoms with E-state index >= 15 is 0 Å². The highest BCUT2D eigenvalue weighted by Crippen LogP contribution is 2.13. The number of nitrogens with zero attached hydrogens (tertiary/aromatic N) is 1. The van der Waals surface area contributed by atoms with Crippen LogP contribution in [0.15, 0.2) is 35.2 Å². The molecular weight excluding hydrogens is 244 g/mol. The minimum atomic E-state index is 0.610. The maximum atomic E-state index is 5.65. The van der Waals surface area contributed by atoms with Gasteiger partial charge in [0, 0.05) is 6.54 Å². The third kappa shape index (κ3) is 4.13. The number of rotatable bonds is 7. The first-order chi connectivity index (χ1) is 8.88. The molecule has 2 aromatic rings. The Morgan fingerprint density at radius 2 is 2.28 bits per heavy atom. The molecule has 0 bridgehead atoms. The molecule has 96 valence electrons. The monoisotopic (exact) mass is 262 g/mol. The lowest BCUT2D eigenvalue weighted by atomic mass is 10.3. The first-order valence-corrected chi connectivity index (χ1v) is 7.12. The van der Waals surface area contributed by atoms with Crippen LogP contribution in [0.3, 0.4) is 0 Å². The second-order valence-electron chi connectivity index (χ2n) is 4.08. The predicted octanol–water partition coefficient (Wildman–Crippen LogP) is 3.22. The highest BCUT2D eigenvalue weighted by Gasteiger charge is 1.98. The Morgan fingerprint density at radius 3 is 2.94 bits per heavy atom. The largest absolute Gasteiger partial charge is 0.487 e. The van der Waals surface area contributed by atoms with E-state index in [-0.39, 0.29) is 0 Å². The normalized spacial score (nSPS) is 10.5. The molecule has 0 saturated carbocycles. The van der Waals surface area contributed by atoms with E-state index in [2.05, 4.69) is 34.1 Å². The van der Waals surface area contributed by atoms with Gasteiger partial charge in [0.15, 0.2) is 0 Å². The topological polar surface area (TPSA) is 34.1 Å². The summed E-state index contributed by atoms with van der Waals surface area (Å²) in [5.74, 6) is 0.820. The number of aromatic nitrogens is 1. The molecule has 0 aliphatic rings. The van der Waals surface area contributed by atoms with E-state index in [0.29, 0.717) is 6.61 Å². The summed E-state index contributed by atoms with van der Waals surface area (Å²) >= 11 is 1.68. The van der Waals surface area contributed by atoms with Gasteiger partial charge in [0.2, 0.25) is 0 Å². The fourth-order valence-electron chi connectivity index (χ4n) is 1.54. The van der Waals surface area contributed by atoms with Crippen molar-refractivity contribution in [2.24, 2.45) is 0 Å². The van der Waals surface area contributed by atoms with Crippen molar-refractivity contribution in [3.05, 3.63) is 46.4 Å². The molecule has 0 radical (unpaired) electrons. The van der Waals surface area contributed by atoms with Crippen molar-refractivity contribution in [1.29, 1.82) is 0 Å². The van der Waals surface area contributed by atoms with Gasteiger partial charge in [-0.3, -0.25) is 4.98 Å². The molecule has 0 fully saturated rings. The molecule has 1 N–H and O–H groups in total. The minimum absolute atomic E-state index is 0.610. The van der Waals surface area contributed by atoms with Gasteiger partial charge < -0.3 is 10.1 Å². The zero-order valence-electron chi connectivity index (χ0n) is 10.6. The Balaban J connectivity index is 1.80. The minimum Gasteiger partial charge on any atom is -0.487 e. The highest BCUT2D eigenvalue weighted by molar-refractivity contribution is 7.07. The van der Waals surface area contributed by atoms with E-state index < -0.39 is 0 Å². The van der Waals surface area contributed by atoms with E-state index in [1.807, 2.05) is 12.1 Å². The van der Waals surface area contributed by atoms with Crippen molar-refractivity contribution < 1.29 is 4.74 Å². The van der Waals surface area contributed by atoms with Crippen LogP contribution in [0, 0.1) is 0 Å². The van der Waals surface area contributed by atoms with Gasteiger partial charge >= 0.3 is 0 Å². The molecule has 2 aromatic heterocycles. The van der Waals surface area contributed by atoms with Crippen molar-refractivity contribution in [2.45, 2.75) is 26.5 Å². The molecule has 0 aliphatic carbocycles. The number of thiophene rings is 1. The third-order valence-corrected chi connectivity index (χ3v) is 3.25. The van der Waals surface area contributed by atoms with Gasteiger partial charge in [-0.05, 0) is 47.5 Å². The van der Waals surface area contributed by atoms with Crippen LogP contribution in [0.25, 0.3) is 0 Å². The van der Waals surface area contributed by atoms with Crippen LogP contribution in [0.2, 0.25) is 0 Å². The average molecular weight is 262 g/mol. The van der Waals surface area contributed by atoms with E-state index in [0.717, 1.165) is 31.0 Å². The average Bonchev–Trinajstić information content (AvgIpc) is 2.91. The predicted molar refractivity (Wildman–Crippen MR) is 74.9 cm³/mol. The van der Waals surface area contributed by atoms with Crippen LogP contribution >= 0.6 is 11.3 Å². The van der Waals surface area contributed by atoms with Gasteiger partial charge in [0.1, 0.15) is 12.4 Å². The van der Waals surface area contributed by atoms with Crippen molar-refractivity contribution in [1.82, 2.24) is 10.3 Å². The highest BCUT2D eigenvalue weighted by atomic mass is 32.1. The fraction of sp³-hybridized carbons (Fsp3) is 0.357. The van der Waals surface area contributed by atoms with E-state index in [9.17, 15) is 0 Å². The first kappa shape index (κ1) is 13.1. The number of ether oxygens (including phenoxy) is 1. The lowest BCUT2D eigenvalue weighted by molar-refractivity contribution is 0.305. The molecule has 2 heterocycles. The van der Waals surface area contributed by atoms with Crippen molar-refractivity contribution in [2.75, 3.05) is 6.54 Å². The first-order valence-electron chi connectivity index (χ1n) is 6.18. The second kappa shape index (κ2) is 7.13. The van der Waals surface area contributed by atoms with Gasteiger partial charge in [0.05, 0.1) is 11.9 Å². The smallest absolute Gasteiger partial charge is 0.138 e. The second-order valence-corrected chi connectivity index (χ2v) is 4.86. The zero-order chi connectivity index (χ0) is 12.6. The Kier molecular flexibility index (Phi) is 5.17. The van der Waals surface area contributed by atoms with Crippen molar-refractivity contribution >= 4 is 11.3 Å². The summed E-state index contributed by atoms with van der Waals surface area (Å²) < 4.78 is 5.65. The Labute approximate surface area is 112 Å². The van der Waals surface area contributed by atoms with Gasteiger partial charge in [-0.1, -0.05) is 6.92 Å². The number of nitrogens with one attached hydrogen (secondary N) is 1. The maximum absolute atomic E-state index is 5.65. The molecule has 0 unspecified atom stereocenters. The van der Waals surface area contributed by atoms with E-state index in [1.54, 1.807) is 17.5 Å². The quantitative estimate of drug-likeness (QED) is 0.778. The summed E-state index contributed by atoms with van der Waals surface area (Å²) in [4.78, 5) is 4.37. The van der Waals surface area contributed by atoms with Crippen LogP contribution in [0.4, 0.5) is 0 Å². The molecule has 3 nitrogen and oxygen atoms in total. The zero-order valence-corrected chi connectivity index (χ0v) is 11.4. The number of pyridine rings is 1. The molecule has 4 heteroatoms. The molecule has 18 heavy (non-hydrogen) atoms. The summed E-state index contributed by atoms with van der Waals surface area (Å²) in [6.07, 6.45) is 2.93. The van der Waals surface area contributed by atoms with Crippen molar-refractivity contribution in [3.8, 4) is 5.75 Å².